The summed E-state index contributed by atoms with van der Waals surface area (Å²) in [7, 11) is 5.75. The molecule has 17 heavy (non-hydrogen) atoms. The third-order valence-electron chi connectivity index (χ3n) is 2.95. The van der Waals surface area contributed by atoms with E-state index in [4.69, 9.17) is 0 Å². The number of pyridine rings is 1. The van der Waals surface area contributed by atoms with Crippen molar-refractivity contribution in [3.63, 3.8) is 0 Å². The molecule has 0 spiro atoms. The van der Waals surface area contributed by atoms with E-state index in [1.54, 1.807) is 19.3 Å². The van der Waals surface area contributed by atoms with Crippen LogP contribution in [0.1, 0.15) is 5.69 Å². The van der Waals surface area contributed by atoms with Crippen molar-refractivity contribution in [1.82, 2.24) is 14.1 Å². The second kappa shape index (κ2) is 4.05. The Balaban J connectivity index is 3.00. The van der Waals surface area contributed by atoms with Crippen molar-refractivity contribution in [2.75, 3.05) is 7.05 Å². The number of fused-ring (bicyclic) bond motifs is 1. The van der Waals surface area contributed by atoms with Crippen molar-refractivity contribution in [2.24, 2.45) is 19.1 Å². The Kier molecular flexibility index (Phi) is 2.71. The van der Waals surface area contributed by atoms with Gasteiger partial charge in [-0.3, -0.25) is 9.98 Å². The van der Waals surface area contributed by atoms with Crippen molar-refractivity contribution < 1.29 is 0 Å². The van der Waals surface area contributed by atoms with E-state index in [2.05, 4.69) is 23.1 Å². The minimum absolute atomic E-state index is 0.819. The number of imidazole rings is 1. The highest BCUT2D eigenvalue weighted by molar-refractivity contribution is 5.89. The lowest BCUT2D eigenvalue weighted by Crippen LogP contribution is -2.21. The first kappa shape index (κ1) is 11.4. The normalized spacial score (nSPS) is 12.1. The fourth-order valence-electron chi connectivity index (χ4n) is 2.11. The molecule has 0 saturated heterocycles. The third-order valence-corrected chi connectivity index (χ3v) is 2.95. The van der Waals surface area contributed by atoms with Crippen molar-refractivity contribution in [2.45, 2.75) is 0 Å². The van der Waals surface area contributed by atoms with Crippen molar-refractivity contribution in [3.05, 3.63) is 42.8 Å². The molecule has 2 heterocycles. The van der Waals surface area contributed by atoms with E-state index in [9.17, 15) is 0 Å². The molecule has 0 aromatic carbocycles. The van der Waals surface area contributed by atoms with Gasteiger partial charge in [-0.2, -0.15) is 0 Å². The van der Waals surface area contributed by atoms with Crippen molar-refractivity contribution in [1.29, 1.82) is 0 Å². The first-order valence-corrected chi connectivity index (χ1v) is 5.36. The molecular weight excluding hydrogens is 212 g/mol. The highest BCUT2D eigenvalue weighted by atomic mass is 15.2. The summed E-state index contributed by atoms with van der Waals surface area (Å²) in [4.78, 5) is 8.66. The van der Waals surface area contributed by atoms with Crippen LogP contribution in [0.25, 0.3) is 16.6 Å². The fraction of sp³-hybridized carbons (Fsp3) is 0.231. The zero-order valence-corrected chi connectivity index (χ0v) is 10.4. The van der Waals surface area contributed by atoms with Crippen molar-refractivity contribution >= 4 is 16.6 Å². The molecule has 0 aliphatic heterocycles. The molecule has 0 radical (unpaired) electrons. The summed E-state index contributed by atoms with van der Waals surface area (Å²) < 4.78 is 4.06. The Labute approximate surface area is 100 Å². The molecule has 0 N–H and O–H groups in total. The first-order chi connectivity index (χ1) is 8.11. The van der Waals surface area contributed by atoms with Gasteiger partial charge >= 0.3 is 0 Å². The Bertz CT molecular complexity index is 671. The lowest BCUT2D eigenvalue weighted by Gasteiger charge is -2.03. The maximum atomic E-state index is 4.38. The van der Waals surface area contributed by atoms with E-state index >= 15 is 0 Å². The van der Waals surface area contributed by atoms with E-state index in [0.717, 1.165) is 27.9 Å². The highest BCUT2D eigenvalue weighted by Gasteiger charge is 2.12. The van der Waals surface area contributed by atoms with E-state index in [1.807, 2.05) is 29.3 Å². The van der Waals surface area contributed by atoms with Gasteiger partial charge in [-0.15, -0.1) is 0 Å². The number of rotatable bonds is 2. The molecule has 2 aromatic heterocycles. The summed E-state index contributed by atoms with van der Waals surface area (Å²) in [5.41, 5.74) is 4.68. The largest absolute Gasteiger partial charge is 0.313 e. The molecule has 2 rings (SSSR count). The smallest absolute Gasteiger partial charge is 0.205 e. The molecule has 4 heteroatoms. The van der Waals surface area contributed by atoms with Crippen LogP contribution in [0, 0.1) is 0 Å². The van der Waals surface area contributed by atoms with E-state index in [0.29, 0.717) is 0 Å². The predicted molar refractivity (Wildman–Crippen MR) is 70.4 cm³/mol. The van der Waals surface area contributed by atoms with Crippen LogP contribution in [-0.2, 0) is 14.1 Å². The standard InChI is InChI=1S/C13H16N4/c1-6-9(2)11-12-10(7-8-15-11)16(4)13(14-3)17(12)5/h6-8H,1-2H2,3-5H3/b14-13-. The predicted octanol–water partition coefficient (Wildman–Crippen LogP) is 1.64. The molecule has 0 atom stereocenters. The molecule has 0 amide bonds. The van der Waals surface area contributed by atoms with Gasteiger partial charge in [-0.1, -0.05) is 19.2 Å². The lowest BCUT2D eigenvalue weighted by atomic mass is 10.1. The minimum atomic E-state index is 0.819. The highest BCUT2D eigenvalue weighted by Crippen LogP contribution is 2.20. The Morgan fingerprint density at radius 1 is 1.41 bits per heavy atom. The average molecular weight is 228 g/mol. The van der Waals surface area contributed by atoms with Crippen LogP contribution in [0.3, 0.4) is 0 Å². The van der Waals surface area contributed by atoms with Gasteiger partial charge < -0.3 is 9.13 Å². The average Bonchev–Trinajstić information content (AvgIpc) is 2.60. The van der Waals surface area contributed by atoms with Crippen LogP contribution in [0.2, 0.25) is 0 Å². The van der Waals surface area contributed by atoms with Crippen LogP contribution in [0.4, 0.5) is 0 Å². The van der Waals surface area contributed by atoms with E-state index in [1.165, 1.54) is 0 Å². The van der Waals surface area contributed by atoms with Crippen LogP contribution in [-0.4, -0.2) is 21.2 Å². The monoisotopic (exact) mass is 228 g/mol. The summed E-state index contributed by atoms with van der Waals surface area (Å²) >= 11 is 0. The molecule has 0 aliphatic carbocycles. The molecule has 4 nitrogen and oxygen atoms in total. The Hall–Kier alpha value is -2.10. The molecule has 2 aromatic rings. The summed E-state index contributed by atoms with van der Waals surface area (Å²) in [5, 5.41) is 0. The number of nitrogens with zero attached hydrogens (tertiary/aromatic N) is 4. The maximum Gasteiger partial charge on any atom is 0.205 e. The Morgan fingerprint density at radius 3 is 2.71 bits per heavy atom. The van der Waals surface area contributed by atoms with Crippen LogP contribution < -0.4 is 5.62 Å². The minimum Gasteiger partial charge on any atom is -0.313 e. The van der Waals surface area contributed by atoms with Crippen LogP contribution in [0.15, 0.2) is 36.5 Å². The molecule has 0 saturated carbocycles. The second-order valence-corrected chi connectivity index (χ2v) is 3.90. The van der Waals surface area contributed by atoms with E-state index in [-0.39, 0.29) is 0 Å². The number of hydrogen-bond donors (Lipinski definition) is 0. The number of hydrogen-bond acceptors (Lipinski definition) is 2. The topological polar surface area (TPSA) is 35.1 Å². The molecule has 88 valence electrons. The zero-order chi connectivity index (χ0) is 12.6. The van der Waals surface area contributed by atoms with Gasteiger partial charge in [-0.05, 0) is 11.6 Å². The van der Waals surface area contributed by atoms with Crippen LogP contribution in [0.5, 0.6) is 0 Å². The van der Waals surface area contributed by atoms with Gasteiger partial charge in [0.05, 0.1) is 16.7 Å². The van der Waals surface area contributed by atoms with Gasteiger partial charge in [0, 0.05) is 27.3 Å². The molecular formula is C13H16N4. The van der Waals surface area contributed by atoms with Crippen LogP contribution >= 0.6 is 0 Å². The lowest BCUT2D eigenvalue weighted by molar-refractivity contribution is 0.755. The fourth-order valence-corrected chi connectivity index (χ4v) is 2.11. The van der Waals surface area contributed by atoms with Gasteiger partial charge in [0.2, 0.25) is 5.62 Å². The summed E-state index contributed by atoms with van der Waals surface area (Å²) in [5.74, 6) is 0. The number of allylic oxidation sites excluding steroid dienone is 2. The van der Waals surface area contributed by atoms with Gasteiger partial charge in [0.1, 0.15) is 0 Å². The SMILES string of the molecule is C=CC(=C)c1nccc2c1n(C)/c(=N\C)n2C. The first-order valence-electron chi connectivity index (χ1n) is 5.36. The van der Waals surface area contributed by atoms with Crippen molar-refractivity contribution in [3.8, 4) is 0 Å². The molecule has 0 fully saturated rings. The summed E-state index contributed by atoms with van der Waals surface area (Å²) in [6.07, 6.45) is 3.50. The zero-order valence-electron chi connectivity index (χ0n) is 10.4. The van der Waals surface area contributed by atoms with Gasteiger partial charge in [0.25, 0.3) is 0 Å². The Morgan fingerprint density at radius 2 is 2.12 bits per heavy atom. The number of aromatic nitrogens is 3. The van der Waals surface area contributed by atoms with Gasteiger partial charge in [0.15, 0.2) is 0 Å². The third kappa shape index (κ3) is 1.53. The maximum absolute atomic E-state index is 4.38. The second-order valence-electron chi connectivity index (χ2n) is 3.90. The summed E-state index contributed by atoms with van der Waals surface area (Å²) in [6.45, 7) is 7.71. The molecule has 0 bridgehead atoms. The number of aryl methyl sites for hydroxylation is 2. The van der Waals surface area contributed by atoms with E-state index < -0.39 is 0 Å². The summed E-state index contributed by atoms with van der Waals surface area (Å²) in [6, 6.07) is 1.98. The molecule has 0 aliphatic rings. The van der Waals surface area contributed by atoms with Gasteiger partial charge in [-0.25, -0.2) is 0 Å². The molecule has 0 unspecified atom stereocenters. The quantitative estimate of drug-likeness (QED) is 0.720.